The van der Waals surface area contributed by atoms with Gasteiger partial charge in [-0.3, -0.25) is 19.2 Å². The fourth-order valence-corrected chi connectivity index (χ4v) is 8.38. The van der Waals surface area contributed by atoms with Gasteiger partial charge in [-0.15, -0.1) is 0 Å². The quantitative estimate of drug-likeness (QED) is 0.570. The lowest BCUT2D eigenvalue weighted by Gasteiger charge is -2.29. The number of fused-ring (bicyclic) bond motifs is 2. The second-order valence-corrected chi connectivity index (χ2v) is 13.0. The Bertz CT molecular complexity index is 1190. The second-order valence-electron chi connectivity index (χ2n) is 10.9. The van der Waals surface area contributed by atoms with Crippen molar-refractivity contribution in [2.75, 3.05) is 12.3 Å². The zero-order chi connectivity index (χ0) is 25.6. The zero-order valence-corrected chi connectivity index (χ0v) is 21.6. The van der Waals surface area contributed by atoms with Gasteiger partial charge in [-0.2, -0.15) is 0 Å². The molecular weight excluding hydrogens is 482 g/mol. The summed E-state index contributed by atoms with van der Waals surface area (Å²) in [6.07, 6.45) is 6.48. The molecule has 36 heavy (non-hydrogen) atoms. The van der Waals surface area contributed by atoms with Gasteiger partial charge in [-0.05, 0) is 62.8 Å². The first-order chi connectivity index (χ1) is 17.2. The Morgan fingerprint density at radius 3 is 2.64 bits per heavy atom. The van der Waals surface area contributed by atoms with Crippen LogP contribution in [0, 0.1) is 17.8 Å². The van der Waals surface area contributed by atoms with E-state index in [4.69, 9.17) is 0 Å². The molecule has 3 fully saturated rings. The Kier molecular flexibility index (Phi) is 6.82. The zero-order valence-electron chi connectivity index (χ0n) is 20.8. The number of amides is 2. The van der Waals surface area contributed by atoms with E-state index in [1.165, 1.54) is 6.07 Å². The highest BCUT2D eigenvalue weighted by atomic mass is 32.2. The number of Topliss-reactive ketones (excluding diaryl/α,β-unsaturated/α-hetero) is 2. The maximum atomic E-state index is 13.7. The predicted octanol–water partition coefficient (Wildman–Crippen LogP) is 2.20. The van der Waals surface area contributed by atoms with Crippen molar-refractivity contribution in [3.05, 3.63) is 17.5 Å². The second kappa shape index (κ2) is 9.76. The Morgan fingerprint density at radius 1 is 1.14 bits per heavy atom. The van der Waals surface area contributed by atoms with E-state index in [0.717, 1.165) is 32.1 Å². The van der Waals surface area contributed by atoms with Crippen LogP contribution in [0.15, 0.2) is 11.0 Å². The van der Waals surface area contributed by atoms with E-state index >= 15 is 0 Å². The predicted molar refractivity (Wildman–Crippen MR) is 131 cm³/mol. The molecule has 0 unspecified atom stereocenters. The summed E-state index contributed by atoms with van der Waals surface area (Å²) in [5.41, 5.74) is 0.751. The topological polar surface area (TPSA) is 133 Å². The van der Waals surface area contributed by atoms with Gasteiger partial charge in [0.1, 0.15) is 17.5 Å². The lowest BCUT2D eigenvalue weighted by molar-refractivity contribution is -0.131. The Balaban J connectivity index is 1.38. The molecule has 0 spiro atoms. The van der Waals surface area contributed by atoms with E-state index < -0.39 is 21.9 Å². The number of hydrogen-bond acceptors (Lipinski definition) is 6. The summed E-state index contributed by atoms with van der Waals surface area (Å²) in [6.45, 7) is 2.18. The summed E-state index contributed by atoms with van der Waals surface area (Å²) in [7, 11) is -3.41. The largest absolute Gasteiger partial charge is 0.353 e. The van der Waals surface area contributed by atoms with Gasteiger partial charge in [0.15, 0.2) is 15.6 Å². The van der Waals surface area contributed by atoms with Crippen LogP contribution in [0.2, 0.25) is 0 Å². The number of rotatable bonds is 7. The number of H-pyrrole nitrogens is 1. The minimum Gasteiger partial charge on any atom is -0.353 e. The van der Waals surface area contributed by atoms with E-state index in [2.05, 4.69) is 10.3 Å². The number of hydrogen-bond donors (Lipinski definition) is 2. The minimum atomic E-state index is -3.41. The van der Waals surface area contributed by atoms with Crippen LogP contribution in [0.25, 0.3) is 0 Å². The molecule has 2 saturated carbocycles. The van der Waals surface area contributed by atoms with E-state index in [1.807, 2.05) is 0 Å². The molecule has 2 N–H and O–H groups in total. The van der Waals surface area contributed by atoms with Crippen molar-refractivity contribution in [3.8, 4) is 0 Å². The summed E-state index contributed by atoms with van der Waals surface area (Å²) in [6, 6.07) is -0.0343. The molecule has 2 aliphatic heterocycles. The highest BCUT2D eigenvalue weighted by Gasteiger charge is 2.50. The number of nitrogens with one attached hydrogen (secondary N) is 2. The molecule has 2 amide bonds. The lowest BCUT2D eigenvalue weighted by Crippen LogP contribution is -2.53. The van der Waals surface area contributed by atoms with Crippen LogP contribution in [0.5, 0.6) is 0 Å². The van der Waals surface area contributed by atoms with Crippen molar-refractivity contribution >= 4 is 33.2 Å². The third-order valence-electron chi connectivity index (χ3n) is 8.69. The summed E-state index contributed by atoms with van der Waals surface area (Å²) in [5, 5.41) is 2.93. The Hall–Kier alpha value is -2.49. The van der Waals surface area contributed by atoms with Gasteiger partial charge in [0.05, 0.1) is 16.7 Å². The van der Waals surface area contributed by atoms with Crippen molar-refractivity contribution in [2.45, 2.75) is 88.1 Å². The minimum absolute atomic E-state index is 0.00719. The fraction of sp³-hybridized carbons (Fsp3) is 0.692. The number of nitrogens with zero attached hydrogens (tertiary/aromatic N) is 1. The Labute approximate surface area is 211 Å². The van der Waals surface area contributed by atoms with E-state index in [9.17, 15) is 27.6 Å². The lowest BCUT2D eigenvalue weighted by atomic mass is 9.91. The molecule has 5 rings (SSSR count). The van der Waals surface area contributed by atoms with Crippen molar-refractivity contribution in [1.82, 2.24) is 15.2 Å². The molecule has 3 heterocycles. The summed E-state index contributed by atoms with van der Waals surface area (Å²) < 4.78 is 25.0. The highest BCUT2D eigenvalue weighted by molar-refractivity contribution is 7.91. The molecule has 0 aromatic carbocycles. The number of aromatic nitrogens is 1. The molecule has 2 aliphatic carbocycles. The molecular formula is C26H35N3O6S. The van der Waals surface area contributed by atoms with Crippen molar-refractivity contribution in [3.63, 3.8) is 0 Å². The number of ketones is 2. The maximum absolute atomic E-state index is 13.7. The van der Waals surface area contributed by atoms with Crippen LogP contribution in [0.3, 0.4) is 0 Å². The number of carbonyl (C=O) groups excluding carboxylic acids is 4. The summed E-state index contributed by atoms with van der Waals surface area (Å²) in [4.78, 5) is 57.0. The van der Waals surface area contributed by atoms with Crippen LogP contribution in [0.4, 0.5) is 0 Å². The molecule has 196 valence electrons. The summed E-state index contributed by atoms with van der Waals surface area (Å²) in [5.74, 6) is -0.610. The number of carbonyl (C=O) groups is 4. The number of sulfone groups is 1. The Morgan fingerprint density at radius 2 is 1.94 bits per heavy atom. The summed E-state index contributed by atoms with van der Waals surface area (Å²) >= 11 is 0. The smallest absolute Gasteiger partial charge is 0.271 e. The van der Waals surface area contributed by atoms with Gasteiger partial charge in [-0.1, -0.05) is 13.3 Å². The number of likely N-dealkylation sites (tertiary alicyclic amines) is 1. The van der Waals surface area contributed by atoms with E-state index in [1.54, 1.807) is 11.8 Å². The van der Waals surface area contributed by atoms with E-state index in [0.29, 0.717) is 37.9 Å². The van der Waals surface area contributed by atoms with Crippen molar-refractivity contribution in [1.29, 1.82) is 0 Å². The third kappa shape index (κ3) is 4.53. The van der Waals surface area contributed by atoms with Crippen LogP contribution < -0.4 is 5.32 Å². The number of aromatic amines is 1. The molecule has 9 nitrogen and oxygen atoms in total. The number of aryl methyl sites for hydroxylation is 1. The van der Waals surface area contributed by atoms with Crippen LogP contribution in [0.1, 0.15) is 80.9 Å². The first kappa shape index (κ1) is 25.2. The SMILES string of the molecule is CCC(=O)[C@H](C[C@@H]1CCCC1=O)NC(=O)[C@@H]1[C@H]2CCC[C@H]2CN1C(=O)c1cc2c([nH]1)CCCS2(=O)=O. The molecule has 1 saturated heterocycles. The monoisotopic (exact) mass is 517 g/mol. The average Bonchev–Trinajstić information content (AvgIpc) is 3.61. The highest BCUT2D eigenvalue weighted by Crippen LogP contribution is 2.43. The van der Waals surface area contributed by atoms with Gasteiger partial charge in [0.25, 0.3) is 5.91 Å². The van der Waals surface area contributed by atoms with Crippen LogP contribution in [-0.4, -0.2) is 66.1 Å². The van der Waals surface area contributed by atoms with Gasteiger partial charge in [-0.25, -0.2) is 8.42 Å². The molecule has 1 aromatic heterocycles. The fourth-order valence-electron chi connectivity index (χ4n) is 6.81. The van der Waals surface area contributed by atoms with Gasteiger partial charge < -0.3 is 15.2 Å². The van der Waals surface area contributed by atoms with Gasteiger partial charge >= 0.3 is 0 Å². The first-order valence-electron chi connectivity index (χ1n) is 13.3. The maximum Gasteiger partial charge on any atom is 0.271 e. The van der Waals surface area contributed by atoms with Crippen LogP contribution in [-0.2, 0) is 30.6 Å². The molecule has 0 bridgehead atoms. The molecule has 10 heteroatoms. The van der Waals surface area contributed by atoms with Crippen molar-refractivity contribution < 1.29 is 27.6 Å². The van der Waals surface area contributed by atoms with Gasteiger partial charge in [0.2, 0.25) is 5.91 Å². The standard InChI is InChI=1S/C26H35N3O6S/c1-2-21(30)19(12-15-6-4-10-22(15)31)28-25(32)24-17-8-3-7-16(17)14-29(24)26(33)20-13-23-18(27-20)9-5-11-36(23,34)35/h13,15-17,19,24,27H,2-12,14H2,1H3,(H,28,32)/t15-,16-,17-,19-,24-/m0/s1. The van der Waals surface area contributed by atoms with Gasteiger partial charge in [0, 0.05) is 31.0 Å². The molecule has 0 radical (unpaired) electrons. The normalized spacial score (nSPS) is 29.6. The third-order valence-corrected chi connectivity index (χ3v) is 10.5. The molecule has 4 aliphatic rings. The molecule has 1 aromatic rings. The van der Waals surface area contributed by atoms with Crippen molar-refractivity contribution in [2.24, 2.45) is 17.8 Å². The first-order valence-corrected chi connectivity index (χ1v) is 15.0. The van der Waals surface area contributed by atoms with E-state index in [-0.39, 0.29) is 63.9 Å². The molecule has 5 atom stereocenters. The average molecular weight is 518 g/mol. The van der Waals surface area contributed by atoms with Crippen LogP contribution >= 0.6 is 0 Å².